The average molecular weight is 248 g/mol. The molecule has 0 saturated heterocycles. The van der Waals surface area contributed by atoms with Gasteiger partial charge in [0.25, 0.3) is 0 Å². The minimum atomic E-state index is 0.582. The van der Waals surface area contributed by atoms with Gasteiger partial charge in [-0.25, -0.2) is 0 Å². The molecule has 2 aromatic rings. The van der Waals surface area contributed by atoms with Crippen LogP contribution in [0.3, 0.4) is 0 Å². The molecular weight excluding hydrogens is 236 g/mol. The summed E-state index contributed by atoms with van der Waals surface area (Å²) in [5.41, 5.74) is 1.18. The Morgan fingerprint density at radius 3 is 2.29 bits per heavy atom. The van der Waals surface area contributed by atoms with Gasteiger partial charge in [0.05, 0.1) is 7.11 Å². The third-order valence-corrected chi connectivity index (χ3v) is 2.99. The monoisotopic (exact) mass is 248 g/mol. The number of rotatable bonds is 4. The van der Waals surface area contributed by atoms with Crippen molar-refractivity contribution in [3.05, 3.63) is 35.7 Å². The summed E-state index contributed by atoms with van der Waals surface area (Å²) in [6.07, 6.45) is 0. The number of aromatic nitrogens is 4. The van der Waals surface area contributed by atoms with E-state index >= 15 is 0 Å². The lowest BCUT2D eigenvalue weighted by Crippen LogP contribution is -1.97. The summed E-state index contributed by atoms with van der Waals surface area (Å²) in [4.78, 5) is 0. The van der Waals surface area contributed by atoms with Crippen LogP contribution in [0.25, 0.3) is 0 Å². The van der Waals surface area contributed by atoms with Crippen molar-refractivity contribution in [2.75, 3.05) is 7.11 Å². The highest BCUT2D eigenvalue weighted by atomic mass is 32.2. The molecule has 0 fully saturated rings. The number of hydrogen-bond acceptors (Lipinski definition) is 6. The highest BCUT2D eigenvalue weighted by molar-refractivity contribution is 7.98. The van der Waals surface area contributed by atoms with Crippen LogP contribution >= 0.6 is 11.8 Å². The maximum atomic E-state index is 5.09. The molecule has 0 radical (unpaired) electrons. The molecule has 0 spiro atoms. The van der Waals surface area contributed by atoms with Crippen molar-refractivity contribution < 1.29 is 4.74 Å². The van der Waals surface area contributed by atoms with Gasteiger partial charge in [0.2, 0.25) is 5.16 Å². The number of thioether (sulfide) groups is 1. The molecule has 0 N–H and O–H groups in total. The van der Waals surface area contributed by atoms with E-state index in [0.29, 0.717) is 11.0 Å². The van der Waals surface area contributed by atoms with E-state index in [2.05, 4.69) is 20.4 Å². The van der Waals surface area contributed by atoms with E-state index in [4.69, 9.17) is 4.74 Å². The normalized spacial score (nSPS) is 10.2. The van der Waals surface area contributed by atoms with Crippen molar-refractivity contribution in [2.24, 2.45) is 0 Å². The number of hydrogen-bond donors (Lipinski definition) is 0. The lowest BCUT2D eigenvalue weighted by Gasteiger charge is -2.02. The van der Waals surface area contributed by atoms with Crippen molar-refractivity contribution in [1.29, 1.82) is 0 Å². The first-order valence-electron chi connectivity index (χ1n) is 5.07. The summed E-state index contributed by atoms with van der Waals surface area (Å²) >= 11 is 1.51. The van der Waals surface area contributed by atoms with Crippen LogP contribution in [0.4, 0.5) is 0 Å². The number of aryl methyl sites for hydroxylation is 1. The molecule has 0 aliphatic carbocycles. The van der Waals surface area contributed by atoms with Gasteiger partial charge >= 0.3 is 0 Å². The topological polar surface area (TPSA) is 60.8 Å². The molecule has 17 heavy (non-hydrogen) atoms. The van der Waals surface area contributed by atoms with Crippen LogP contribution in [0.2, 0.25) is 0 Å². The molecule has 2 rings (SSSR count). The van der Waals surface area contributed by atoms with E-state index in [1.807, 2.05) is 24.3 Å². The van der Waals surface area contributed by atoms with E-state index in [1.165, 1.54) is 17.3 Å². The van der Waals surface area contributed by atoms with Gasteiger partial charge in [-0.05, 0) is 24.6 Å². The first-order chi connectivity index (χ1) is 8.28. The quantitative estimate of drug-likeness (QED) is 0.770. The van der Waals surface area contributed by atoms with Crippen molar-refractivity contribution in [3.8, 4) is 5.75 Å². The maximum Gasteiger partial charge on any atom is 0.230 e. The van der Waals surface area contributed by atoms with Crippen LogP contribution < -0.4 is 4.74 Å². The maximum absolute atomic E-state index is 5.09. The Morgan fingerprint density at radius 1 is 1.06 bits per heavy atom. The van der Waals surface area contributed by atoms with Crippen LogP contribution in [-0.2, 0) is 5.75 Å². The van der Waals surface area contributed by atoms with Crippen LogP contribution in [0.15, 0.2) is 29.4 Å². The predicted molar refractivity (Wildman–Crippen MR) is 64.9 cm³/mol. The summed E-state index contributed by atoms with van der Waals surface area (Å²) in [5, 5.41) is 16.2. The zero-order valence-electron chi connectivity index (χ0n) is 9.62. The van der Waals surface area contributed by atoms with Crippen LogP contribution in [-0.4, -0.2) is 27.5 Å². The van der Waals surface area contributed by atoms with E-state index in [-0.39, 0.29) is 0 Å². The minimum absolute atomic E-state index is 0.582. The Labute approximate surface area is 104 Å². The van der Waals surface area contributed by atoms with Gasteiger partial charge in [-0.3, -0.25) is 0 Å². The van der Waals surface area contributed by atoms with Gasteiger partial charge in [-0.15, -0.1) is 20.4 Å². The second-order valence-electron chi connectivity index (χ2n) is 3.37. The number of nitrogens with zero attached hydrogens (tertiary/aromatic N) is 4. The smallest absolute Gasteiger partial charge is 0.230 e. The SMILES string of the molecule is COc1ccc(CSc2nnc(C)nn2)cc1. The molecule has 0 atom stereocenters. The Kier molecular flexibility index (Phi) is 3.87. The fourth-order valence-electron chi connectivity index (χ4n) is 1.20. The second-order valence-corrected chi connectivity index (χ2v) is 4.31. The molecule has 0 bridgehead atoms. The van der Waals surface area contributed by atoms with Crippen LogP contribution in [0.5, 0.6) is 5.75 Å². The molecule has 0 unspecified atom stereocenters. The summed E-state index contributed by atoms with van der Waals surface area (Å²) in [6.45, 7) is 1.76. The van der Waals surface area contributed by atoms with Gasteiger partial charge in [0.1, 0.15) is 5.75 Å². The summed E-state index contributed by atoms with van der Waals surface area (Å²) in [7, 11) is 1.65. The molecule has 88 valence electrons. The van der Waals surface area contributed by atoms with Crippen LogP contribution in [0.1, 0.15) is 11.4 Å². The molecule has 0 aliphatic heterocycles. The lowest BCUT2D eigenvalue weighted by molar-refractivity contribution is 0.414. The molecule has 0 saturated carbocycles. The molecule has 1 aromatic heterocycles. The first kappa shape index (κ1) is 11.8. The van der Waals surface area contributed by atoms with Crippen molar-refractivity contribution in [1.82, 2.24) is 20.4 Å². The largest absolute Gasteiger partial charge is 0.497 e. The van der Waals surface area contributed by atoms with Crippen LogP contribution in [0, 0.1) is 6.92 Å². The number of benzene rings is 1. The third kappa shape index (κ3) is 3.39. The molecule has 1 aromatic carbocycles. The Bertz CT molecular complexity index is 472. The van der Waals surface area contributed by atoms with Gasteiger partial charge in [-0.1, -0.05) is 23.9 Å². The highest BCUT2D eigenvalue weighted by Crippen LogP contribution is 2.19. The third-order valence-electron chi connectivity index (χ3n) is 2.09. The van der Waals surface area contributed by atoms with Gasteiger partial charge in [0.15, 0.2) is 5.82 Å². The van der Waals surface area contributed by atoms with E-state index in [0.717, 1.165) is 11.5 Å². The molecule has 5 nitrogen and oxygen atoms in total. The Balaban J connectivity index is 1.95. The number of ether oxygens (including phenoxy) is 1. The number of methoxy groups -OCH3 is 1. The van der Waals surface area contributed by atoms with E-state index in [1.54, 1.807) is 14.0 Å². The molecular formula is C11H12N4OS. The average Bonchev–Trinajstić information content (AvgIpc) is 2.39. The van der Waals surface area contributed by atoms with E-state index < -0.39 is 0 Å². The zero-order chi connectivity index (χ0) is 12.1. The molecule has 1 heterocycles. The Hall–Kier alpha value is -1.69. The molecule has 0 amide bonds. The summed E-state index contributed by atoms with van der Waals surface area (Å²) in [5.74, 6) is 2.23. The summed E-state index contributed by atoms with van der Waals surface area (Å²) < 4.78 is 5.09. The van der Waals surface area contributed by atoms with Gasteiger partial charge < -0.3 is 4.74 Å². The van der Waals surface area contributed by atoms with Crippen molar-refractivity contribution in [2.45, 2.75) is 17.8 Å². The second kappa shape index (κ2) is 5.58. The van der Waals surface area contributed by atoms with E-state index in [9.17, 15) is 0 Å². The van der Waals surface area contributed by atoms with Gasteiger partial charge in [0, 0.05) is 5.75 Å². The standard InChI is InChI=1S/C11H12N4OS/c1-8-12-14-11(15-13-8)17-7-9-3-5-10(16-2)6-4-9/h3-6H,7H2,1-2H3. The van der Waals surface area contributed by atoms with Crippen molar-refractivity contribution >= 4 is 11.8 Å². The minimum Gasteiger partial charge on any atom is -0.497 e. The molecule has 6 heteroatoms. The highest BCUT2D eigenvalue weighted by Gasteiger charge is 2.01. The zero-order valence-corrected chi connectivity index (χ0v) is 10.4. The fraction of sp³-hybridized carbons (Fsp3) is 0.273. The predicted octanol–water partition coefficient (Wildman–Crippen LogP) is 1.88. The summed E-state index contributed by atoms with van der Waals surface area (Å²) in [6, 6.07) is 7.90. The molecule has 0 aliphatic rings. The van der Waals surface area contributed by atoms with Gasteiger partial charge in [-0.2, -0.15) is 0 Å². The fourth-order valence-corrected chi connectivity index (χ4v) is 1.88. The Morgan fingerprint density at radius 2 is 1.71 bits per heavy atom. The lowest BCUT2D eigenvalue weighted by atomic mass is 10.2. The van der Waals surface area contributed by atoms with Crippen molar-refractivity contribution in [3.63, 3.8) is 0 Å². The first-order valence-corrected chi connectivity index (χ1v) is 6.06.